The zero-order valence-electron chi connectivity index (χ0n) is 16.2. The molecule has 0 radical (unpaired) electrons. The van der Waals surface area contributed by atoms with Crippen LogP contribution in [0, 0.1) is 0 Å². The normalized spacial score (nSPS) is 13.0. The van der Waals surface area contributed by atoms with Crippen molar-refractivity contribution in [3.05, 3.63) is 70.9 Å². The number of aliphatic imine (C=N–C) groups is 1. The average Bonchev–Trinajstić information content (AvgIpc) is 3.04. The second kappa shape index (κ2) is 8.48. The van der Waals surface area contributed by atoms with E-state index in [0.29, 0.717) is 11.6 Å². The molecule has 5 nitrogen and oxygen atoms in total. The van der Waals surface area contributed by atoms with Gasteiger partial charge in [0.25, 0.3) is 0 Å². The van der Waals surface area contributed by atoms with Crippen molar-refractivity contribution >= 4 is 34.8 Å². The lowest BCUT2D eigenvalue weighted by molar-refractivity contribution is 0.0525. The molecule has 0 saturated heterocycles. The second-order valence-corrected chi connectivity index (χ2v) is 7.96. The Kier molecular flexibility index (Phi) is 6.05. The van der Waals surface area contributed by atoms with Crippen molar-refractivity contribution in [1.29, 1.82) is 0 Å². The fourth-order valence-corrected chi connectivity index (χ4v) is 3.01. The number of aromatic nitrogens is 1. The molecule has 0 bridgehead atoms. The number of hydrogen-bond donors (Lipinski definition) is 2. The monoisotopic (exact) mass is 397 g/mol. The zero-order valence-corrected chi connectivity index (χ0v) is 17.0. The van der Waals surface area contributed by atoms with E-state index in [0.717, 1.165) is 22.0 Å². The van der Waals surface area contributed by atoms with E-state index >= 15 is 0 Å². The van der Waals surface area contributed by atoms with E-state index in [2.05, 4.69) is 10.3 Å². The van der Waals surface area contributed by atoms with Crippen LogP contribution in [0.3, 0.4) is 0 Å². The van der Waals surface area contributed by atoms with Crippen LogP contribution in [0.15, 0.2) is 59.7 Å². The van der Waals surface area contributed by atoms with E-state index in [1.54, 1.807) is 0 Å². The van der Waals surface area contributed by atoms with Gasteiger partial charge >= 0.3 is 6.09 Å². The summed E-state index contributed by atoms with van der Waals surface area (Å²) in [6.45, 7) is 5.80. The number of ether oxygens (including phenoxy) is 1. The number of carbonyl (C=O) groups is 1. The van der Waals surface area contributed by atoms with Crippen molar-refractivity contribution in [2.24, 2.45) is 4.99 Å². The maximum Gasteiger partial charge on any atom is 0.407 e. The highest BCUT2D eigenvalue weighted by molar-refractivity contribution is 6.31. The summed E-state index contributed by atoms with van der Waals surface area (Å²) in [6.07, 6.45) is 3.25. The molecule has 1 amide bonds. The molecule has 0 spiro atoms. The molecule has 1 heterocycles. The first-order chi connectivity index (χ1) is 13.3. The van der Waals surface area contributed by atoms with Crippen LogP contribution in [-0.4, -0.2) is 29.4 Å². The summed E-state index contributed by atoms with van der Waals surface area (Å²) < 4.78 is 5.34. The highest BCUT2D eigenvalue weighted by Gasteiger charge is 2.19. The number of aromatic amines is 1. The maximum atomic E-state index is 12.1. The van der Waals surface area contributed by atoms with Crippen molar-refractivity contribution in [1.82, 2.24) is 10.3 Å². The Morgan fingerprint density at radius 3 is 2.71 bits per heavy atom. The smallest absolute Gasteiger partial charge is 0.407 e. The van der Waals surface area contributed by atoms with Crippen LogP contribution in [0.5, 0.6) is 0 Å². The van der Waals surface area contributed by atoms with Crippen LogP contribution in [0.4, 0.5) is 4.79 Å². The van der Waals surface area contributed by atoms with Gasteiger partial charge in [0.2, 0.25) is 0 Å². The van der Waals surface area contributed by atoms with Gasteiger partial charge in [-0.25, -0.2) is 4.79 Å². The van der Waals surface area contributed by atoms with Gasteiger partial charge in [-0.15, -0.1) is 0 Å². The summed E-state index contributed by atoms with van der Waals surface area (Å²) >= 11 is 6.18. The number of fused-ring (bicyclic) bond motifs is 1. The third-order valence-corrected chi connectivity index (χ3v) is 4.31. The molecule has 6 heteroatoms. The van der Waals surface area contributed by atoms with Crippen LogP contribution in [0.1, 0.15) is 37.9 Å². The summed E-state index contributed by atoms with van der Waals surface area (Å²) in [5.74, 6) is 0. The summed E-state index contributed by atoms with van der Waals surface area (Å²) in [4.78, 5) is 20.1. The van der Waals surface area contributed by atoms with E-state index in [4.69, 9.17) is 21.3 Å². The van der Waals surface area contributed by atoms with E-state index in [9.17, 15) is 4.79 Å². The molecule has 0 fully saturated rings. The van der Waals surface area contributed by atoms with Gasteiger partial charge in [-0.2, -0.15) is 0 Å². The summed E-state index contributed by atoms with van der Waals surface area (Å²) in [6, 6.07) is 15.2. The van der Waals surface area contributed by atoms with Crippen molar-refractivity contribution in [3.63, 3.8) is 0 Å². The Bertz CT molecular complexity index is 974. The number of nitrogens with zero attached hydrogens (tertiary/aromatic N) is 1. The largest absolute Gasteiger partial charge is 0.444 e. The molecule has 28 heavy (non-hydrogen) atoms. The number of hydrogen-bond acceptors (Lipinski definition) is 3. The van der Waals surface area contributed by atoms with Crippen LogP contribution < -0.4 is 5.32 Å². The molecule has 1 unspecified atom stereocenters. The minimum Gasteiger partial charge on any atom is -0.444 e. The predicted molar refractivity (Wildman–Crippen MR) is 114 cm³/mol. The molecule has 0 aliphatic heterocycles. The van der Waals surface area contributed by atoms with Gasteiger partial charge < -0.3 is 15.0 Å². The fraction of sp³-hybridized carbons (Fsp3) is 0.273. The molecule has 0 aliphatic carbocycles. The number of H-pyrrole nitrogens is 1. The van der Waals surface area contributed by atoms with Crippen LogP contribution in [0.2, 0.25) is 5.02 Å². The summed E-state index contributed by atoms with van der Waals surface area (Å²) in [5, 5.41) is 4.45. The third kappa shape index (κ3) is 5.36. The number of halogens is 1. The molecule has 146 valence electrons. The second-order valence-electron chi connectivity index (χ2n) is 7.52. The average molecular weight is 398 g/mol. The zero-order chi connectivity index (χ0) is 20.1. The number of carbonyl (C=O) groups excluding carboxylic acids is 1. The van der Waals surface area contributed by atoms with Crippen LogP contribution in [0.25, 0.3) is 10.9 Å². The van der Waals surface area contributed by atoms with E-state index in [1.807, 2.05) is 81.7 Å². The molecule has 3 aromatic rings. The minimum absolute atomic E-state index is 0.292. The van der Waals surface area contributed by atoms with Crippen molar-refractivity contribution in [3.8, 4) is 0 Å². The number of amides is 1. The van der Waals surface area contributed by atoms with Crippen molar-refractivity contribution in [2.45, 2.75) is 32.4 Å². The van der Waals surface area contributed by atoms with Gasteiger partial charge in [0.15, 0.2) is 0 Å². The highest BCUT2D eigenvalue weighted by atomic mass is 35.5. The maximum absolute atomic E-state index is 12.1. The number of alkyl carbamates (subject to hydrolysis) is 1. The summed E-state index contributed by atoms with van der Waals surface area (Å²) in [7, 11) is 0. The Morgan fingerprint density at radius 1 is 1.25 bits per heavy atom. The lowest BCUT2D eigenvalue weighted by atomic mass is 10.1. The molecule has 0 aliphatic rings. The van der Waals surface area contributed by atoms with Gasteiger partial charge in [-0.3, -0.25) is 4.99 Å². The lowest BCUT2D eigenvalue weighted by Crippen LogP contribution is -2.34. The predicted octanol–water partition coefficient (Wildman–Crippen LogP) is 5.51. The molecule has 2 N–H and O–H groups in total. The first-order valence-electron chi connectivity index (χ1n) is 9.13. The molecule has 3 rings (SSSR count). The standard InChI is InChI=1S/C22H24ClN3O2/c1-22(2,3)28-21(27)26-14-20(24-12-15-7-5-4-6-8-15)18-13-25-19-10-9-16(23)11-17(18)19/h4-13,20,25H,14H2,1-3H3,(H,26,27). The lowest BCUT2D eigenvalue weighted by Gasteiger charge is -2.21. The molecular weight excluding hydrogens is 374 g/mol. The van der Waals surface area contributed by atoms with E-state index in [1.165, 1.54) is 0 Å². The number of nitrogens with one attached hydrogen (secondary N) is 2. The topological polar surface area (TPSA) is 66.5 Å². The number of benzene rings is 2. The first-order valence-corrected chi connectivity index (χ1v) is 9.51. The molecule has 2 aromatic carbocycles. The molecule has 1 aromatic heterocycles. The first kappa shape index (κ1) is 20.0. The fourth-order valence-electron chi connectivity index (χ4n) is 2.84. The Labute approximate surface area is 169 Å². The van der Waals surface area contributed by atoms with E-state index < -0.39 is 11.7 Å². The van der Waals surface area contributed by atoms with Crippen molar-refractivity contribution < 1.29 is 9.53 Å². The SMILES string of the molecule is CC(C)(C)OC(=O)NCC(N=Cc1ccccc1)c1c[nH]c2ccc(Cl)cc12. The van der Waals surface area contributed by atoms with Crippen LogP contribution in [-0.2, 0) is 4.74 Å². The number of rotatable bonds is 5. The molecule has 1 atom stereocenters. The Morgan fingerprint density at radius 2 is 2.00 bits per heavy atom. The van der Waals surface area contributed by atoms with E-state index in [-0.39, 0.29) is 6.04 Å². The van der Waals surface area contributed by atoms with Gasteiger partial charge in [-0.1, -0.05) is 41.9 Å². The third-order valence-electron chi connectivity index (χ3n) is 4.08. The minimum atomic E-state index is -0.554. The molecule has 0 saturated carbocycles. The quantitative estimate of drug-likeness (QED) is 0.557. The highest BCUT2D eigenvalue weighted by Crippen LogP contribution is 2.28. The summed E-state index contributed by atoms with van der Waals surface area (Å²) in [5.41, 5.74) is 2.36. The van der Waals surface area contributed by atoms with Gasteiger partial charge in [-0.05, 0) is 44.5 Å². The Hall–Kier alpha value is -2.79. The molecular formula is C22H24ClN3O2. The van der Waals surface area contributed by atoms with Gasteiger partial charge in [0.05, 0.1) is 6.04 Å². The van der Waals surface area contributed by atoms with Gasteiger partial charge in [0, 0.05) is 40.4 Å². The van der Waals surface area contributed by atoms with Gasteiger partial charge in [0.1, 0.15) is 5.60 Å². The van der Waals surface area contributed by atoms with Crippen molar-refractivity contribution in [2.75, 3.05) is 6.54 Å². The Balaban J connectivity index is 1.86. The van der Waals surface area contributed by atoms with Crippen LogP contribution >= 0.6 is 11.6 Å².